The van der Waals surface area contributed by atoms with E-state index in [1.165, 1.54) is 23.2 Å². The quantitative estimate of drug-likeness (QED) is 0.675. The van der Waals surface area contributed by atoms with Crippen LogP contribution >= 0.6 is 0 Å². The van der Waals surface area contributed by atoms with E-state index in [1.807, 2.05) is 0 Å². The van der Waals surface area contributed by atoms with Gasteiger partial charge in [-0.1, -0.05) is 38.1 Å². The highest BCUT2D eigenvalue weighted by molar-refractivity contribution is 6.51. The summed E-state index contributed by atoms with van der Waals surface area (Å²) >= 11 is 0. The molecule has 0 amide bonds. The first-order valence-electron chi connectivity index (χ1n) is 5.44. The van der Waals surface area contributed by atoms with Crippen LogP contribution in [0.2, 0.25) is 12.1 Å². The van der Waals surface area contributed by atoms with E-state index in [1.54, 1.807) is 0 Å². The minimum atomic E-state index is -0.883. The molecule has 1 aromatic carbocycles. The van der Waals surface area contributed by atoms with Gasteiger partial charge in [0.05, 0.1) is 6.61 Å². The lowest BCUT2D eigenvalue weighted by Gasteiger charge is -2.13. The first-order valence-corrected chi connectivity index (χ1v) is 7.54. The zero-order valence-corrected chi connectivity index (χ0v) is 10.6. The molecular formula is C12H20OSi. The third kappa shape index (κ3) is 3.27. The summed E-state index contributed by atoms with van der Waals surface area (Å²) in [6.07, 6.45) is 0. The minimum Gasteiger partial charge on any atom is -0.416 e. The third-order valence-corrected chi connectivity index (χ3v) is 5.11. The van der Waals surface area contributed by atoms with Gasteiger partial charge < -0.3 is 4.43 Å². The molecule has 1 aromatic rings. The predicted octanol–water partition coefficient (Wildman–Crippen LogP) is 3.28. The van der Waals surface area contributed by atoms with Gasteiger partial charge in [-0.05, 0) is 30.1 Å². The normalized spacial score (nSPS) is 10.9. The van der Waals surface area contributed by atoms with Crippen molar-refractivity contribution in [3.8, 4) is 0 Å². The van der Waals surface area contributed by atoms with E-state index in [0.29, 0.717) is 0 Å². The van der Waals surface area contributed by atoms with E-state index in [0.717, 1.165) is 6.61 Å². The van der Waals surface area contributed by atoms with Crippen molar-refractivity contribution < 1.29 is 4.43 Å². The maximum absolute atomic E-state index is 5.95. The summed E-state index contributed by atoms with van der Waals surface area (Å²) in [5.74, 6) is 0. The van der Waals surface area contributed by atoms with Crippen molar-refractivity contribution in [2.24, 2.45) is 0 Å². The van der Waals surface area contributed by atoms with Gasteiger partial charge in [-0.25, -0.2) is 0 Å². The summed E-state index contributed by atoms with van der Waals surface area (Å²) in [6.45, 7) is 7.43. The van der Waals surface area contributed by atoms with E-state index in [4.69, 9.17) is 4.43 Å². The van der Waals surface area contributed by atoms with Gasteiger partial charge in [-0.15, -0.1) is 0 Å². The molecule has 0 N–H and O–H groups in total. The number of benzene rings is 1. The summed E-state index contributed by atoms with van der Waals surface area (Å²) in [7, 11) is -0.883. The Morgan fingerprint density at radius 2 is 1.79 bits per heavy atom. The van der Waals surface area contributed by atoms with Crippen LogP contribution in [0.5, 0.6) is 0 Å². The molecule has 0 aliphatic rings. The second-order valence-electron chi connectivity index (χ2n) is 3.68. The molecule has 0 saturated carbocycles. The Morgan fingerprint density at radius 1 is 1.14 bits per heavy atom. The smallest absolute Gasteiger partial charge is 0.176 e. The van der Waals surface area contributed by atoms with E-state index in [9.17, 15) is 0 Å². The molecule has 0 unspecified atom stereocenters. The van der Waals surface area contributed by atoms with Crippen molar-refractivity contribution in [1.82, 2.24) is 0 Å². The second-order valence-corrected chi connectivity index (χ2v) is 6.89. The van der Waals surface area contributed by atoms with Crippen LogP contribution < -0.4 is 0 Å². The summed E-state index contributed by atoms with van der Waals surface area (Å²) in [5, 5.41) is 0. The number of rotatable bonds is 5. The van der Waals surface area contributed by atoms with Gasteiger partial charge in [0.1, 0.15) is 0 Å². The molecule has 0 atom stereocenters. The lowest BCUT2D eigenvalue weighted by Crippen LogP contribution is -2.15. The van der Waals surface area contributed by atoms with Crippen LogP contribution in [0.15, 0.2) is 24.3 Å². The van der Waals surface area contributed by atoms with Gasteiger partial charge >= 0.3 is 0 Å². The van der Waals surface area contributed by atoms with Crippen LogP contribution in [-0.2, 0) is 11.0 Å². The lowest BCUT2D eigenvalue weighted by molar-refractivity contribution is 0.307. The predicted molar refractivity (Wildman–Crippen MR) is 64.1 cm³/mol. The van der Waals surface area contributed by atoms with Crippen LogP contribution in [-0.4, -0.2) is 9.04 Å². The first kappa shape index (κ1) is 11.5. The SMILES string of the molecule is CC[SiH](CC)OCc1ccccc1C. The Bertz CT molecular complexity index is 269. The maximum Gasteiger partial charge on any atom is 0.176 e. The van der Waals surface area contributed by atoms with Gasteiger partial charge in [-0.3, -0.25) is 0 Å². The number of hydrogen-bond acceptors (Lipinski definition) is 1. The number of hydrogen-bond donors (Lipinski definition) is 0. The van der Waals surface area contributed by atoms with Gasteiger partial charge in [0.15, 0.2) is 9.04 Å². The Morgan fingerprint density at radius 3 is 2.36 bits per heavy atom. The van der Waals surface area contributed by atoms with Gasteiger partial charge in [0.25, 0.3) is 0 Å². The summed E-state index contributed by atoms with van der Waals surface area (Å²) < 4.78 is 5.95. The Labute approximate surface area is 88.8 Å². The molecule has 14 heavy (non-hydrogen) atoms. The molecule has 0 heterocycles. The van der Waals surface area contributed by atoms with E-state index >= 15 is 0 Å². The van der Waals surface area contributed by atoms with E-state index in [-0.39, 0.29) is 0 Å². The molecule has 1 rings (SSSR count). The van der Waals surface area contributed by atoms with Crippen molar-refractivity contribution in [3.05, 3.63) is 35.4 Å². The first-order chi connectivity index (χ1) is 6.77. The highest BCUT2D eigenvalue weighted by Gasteiger charge is 2.06. The van der Waals surface area contributed by atoms with Gasteiger partial charge in [0.2, 0.25) is 0 Å². The van der Waals surface area contributed by atoms with Crippen LogP contribution in [0.1, 0.15) is 25.0 Å². The van der Waals surface area contributed by atoms with Crippen molar-refractivity contribution in [3.63, 3.8) is 0 Å². The van der Waals surface area contributed by atoms with Crippen molar-refractivity contribution in [2.45, 2.75) is 39.5 Å². The number of aryl methyl sites for hydroxylation is 1. The van der Waals surface area contributed by atoms with Crippen molar-refractivity contribution in [1.29, 1.82) is 0 Å². The molecule has 0 bridgehead atoms. The Hall–Kier alpha value is -0.603. The molecule has 2 heteroatoms. The lowest BCUT2D eigenvalue weighted by atomic mass is 10.1. The molecule has 0 aliphatic carbocycles. The summed E-state index contributed by atoms with van der Waals surface area (Å²) in [6, 6.07) is 10.9. The summed E-state index contributed by atoms with van der Waals surface area (Å²) in [5.41, 5.74) is 2.68. The summed E-state index contributed by atoms with van der Waals surface area (Å²) in [4.78, 5) is 0. The molecule has 0 radical (unpaired) electrons. The van der Waals surface area contributed by atoms with Crippen LogP contribution in [0.25, 0.3) is 0 Å². The average molecular weight is 208 g/mol. The van der Waals surface area contributed by atoms with Crippen LogP contribution in [0, 0.1) is 6.92 Å². The van der Waals surface area contributed by atoms with Crippen molar-refractivity contribution in [2.75, 3.05) is 0 Å². The molecule has 0 fully saturated rings. The standard InChI is InChI=1S/C12H20OSi/c1-4-14(5-2)13-10-12-9-7-6-8-11(12)3/h6-9,14H,4-5,10H2,1-3H3. The van der Waals surface area contributed by atoms with Gasteiger partial charge in [-0.2, -0.15) is 0 Å². The van der Waals surface area contributed by atoms with E-state index in [2.05, 4.69) is 45.0 Å². The van der Waals surface area contributed by atoms with Gasteiger partial charge in [0, 0.05) is 0 Å². The monoisotopic (exact) mass is 208 g/mol. The Balaban J connectivity index is 2.49. The second kappa shape index (κ2) is 5.99. The maximum atomic E-state index is 5.95. The molecule has 0 saturated heterocycles. The zero-order valence-electron chi connectivity index (χ0n) is 9.42. The largest absolute Gasteiger partial charge is 0.416 e. The topological polar surface area (TPSA) is 9.23 Å². The molecule has 1 nitrogen and oxygen atoms in total. The Kier molecular flexibility index (Phi) is 4.91. The molecular weight excluding hydrogens is 188 g/mol. The molecule has 0 aliphatic heterocycles. The highest BCUT2D eigenvalue weighted by Crippen LogP contribution is 2.10. The third-order valence-electron chi connectivity index (χ3n) is 2.65. The van der Waals surface area contributed by atoms with Crippen LogP contribution in [0.4, 0.5) is 0 Å². The van der Waals surface area contributed by atoms with Crippen LogP contribution in [0.3, 0.4) is 0 Å². The van der Waals surface area contributed by atoms with Crippen molar-refractivity contribution >= 4 is 9.04 Å². The molecule has 0 spiro atoms. The van der Waals surface area contributed by atoms with E-state index < -0.39 is 9.04 Å². The minimum absolute atomic E-state index is 0.811. The fourth-order valence-corrected chi connectivity index (χ4v) is 2.97. The molecule has 0 aromatic heterocycles. The fraction of sp³-hybridized carbons (Fsp3) is 0.500. The fourth-order valence-electron chi connectivity index (χ4n) is 1.50. The molecule has 78 valence electrons. The highest BCUT2D eigenvalue weighted by atomic mass is 28.3. The average Bonchev–Trinajstić information content (AvgIpc) is 2.22. The zero-order chi connectivity index (χ0) is 10.4.